The highest BCUT2D eigenvalue weighted by molar-refractivity contribution is 5.65. The summed E-state index contributed by atoms with van der Waals surface area (Å²) < 4.78 is 39.7. The van der Waals surface area contributed by atoms with E-state index in [2.05, 4.69) is 15.1 Å². The number of benzene rings is 1. The maximum Gasteiger partial charge on any atom is 0.416 e. The normalized spacial score (nSPS) is 22.7. The predicted molar refractivity (Wildman–Crippen MR) is 101 cm³/mol. The Morgan fingerprint density at radius 2 is 1.86 bits per heavy atom. The van der Waals surface area contributed by atoms with Gasteiger partial charge in [0.25, 0.3) is 5.56 Å². The Labute approximate surface area is 165 Å². The Hall–Kier alpha value is -2.62. The van der Waals surface area contributed by atoms with Gasteiger partial charge in [-0.3, -0.25) is 9.36 Å². The van der Waals surface area contributed by atoms with E-state index in [0.717, 1.165) is 44.6 Å². The summed E-state index contributed by atoms with van der Waals surface area (Å²) in [7, 11) is 3.53. The first-order chi connectivity index (χ1) is 13.7. The Bertz CT molecular complexity index is 991. The molecule has 1 aromatic heterocycles. The molecule has 0 amide bonds. The molecule has 1 N–H and O–H groups in total. The summed E-state index contributed by atoms with van der Waals surface area (Å²) in [4.78, 5) is 17.2. The van der Waals surface area contributed by atoms with Crippen LogP contribution < -0.4 is 10.5 Å². The van der Waals surface area contributed by atoms with E-state index in [0.29, 0.717) is 12.0 Å². The van der Waals surface area contributed by atoms with Crippen molar-refractivity contribution in [1.29, 1.82) is 0 Å². The minimum absolute atomic E-state index is 0.0153. The number of phenolic OH excluding ortho intramolecular Hbond substituents is 1. The van der Waals surface area contributed by atoms with E-state index in [1.165, 1.54) is 11.6 Å². The fourth-order valence-electron chi connectivity index (χ4n) is 4.32. The third kappa shape index (κ3) is 3.45. The molecule has 2 aliphatic heterocycles. The predicted octanol–water partition coefficient (Wildman–Crippen LogP) is 2.10. The molecular formula is C19H22F3N5O2. The second kappa shape index (κ2) is 7.01. The van der Waals surface area contributed by atoms with Crippen molar-refractivity contribution in [2.75, 3.05) is 31.6 Å². The van der Waals surface area contributed by atoms with Gasteiger partial charge in [0.2, 0.25) is 5.82 Å². The van der Waals surface area contributed by atoms with Gasteiger partial charge in [-0.1, -0.05) is 0 Å². The highest BCUT2D eigenvalue weighted by atomic mass is 19.4. The average molecular weight is 409 g/mol. The monoisotopic (exact) mass is 409 g/mol. The van der Waals surface area contributed by atoms with Gasteiger partial charge in [0.15, 0.2) is 5.82 Å². The number of aromatic hydroxyl groups is 1. The summed E-state index contributed by atoms with van der Waals surface area (Å²) in [5.74, 6) is 0.162. The average Bonchev–Trinajstić information content (AvgIpc) is 3.06. The van der Waals surface area contributed by atoms with E-state index in [-0.39, 0.29) is 28.8 Å². The van der Waals surface area contributed by atoms with E-state index < -0.39 is 17.5 Å². The molecule has 4 rings (SSSR count). The van der Waals surface area contributed by atoms with Crippen molar-refractivity contribution < 1.29 is 18.3 Å². The second-order valence-electron chi connectivity index (χ2n) is 7.80. The first-order valence-electron chi connectivity index (χ1n) is 9.46. The highest BCUT2D eigenvalue weighted by Gasteiger charge is 2.39. The molecule has 0 aliphatic carbocycles. The molecule has 1 aromatic carbocycles. The molecule has 2 saturated heterocycles. The van der Waals surface area contributed by atoms with E-state index in [4.69, 9.17) is 0 Å². The molecule has 156 valence electrons. The summed E-state index contributed by atoms with van der Waals surface area (Å²) in [6.07, 6.45) is -2.51. The maximum absolute atomic E-state index is 13.0. The van der Waals surface area contributed by atoms with Crippen molar-refractivity contribution in [1.82, 2.24) is 19.7 Å². The number of likely N-dealkylation sites (tertiary alicyclic amines) is 1. The van der Waals surface area contributed by atoms with Crippen molar-refractivity contribution in [2.45, 2.75) is 25.1 Å². The zero-order chi connectivity index (χ0) is 20.9. The third-order valence-electron chi connectivity index (χ3n) is 5.96. The molecule has 0 radical (unpaired) electrons. The molecule has 10 heteroatoms. The summed E-state index contributed by atoms with van der Waals surface area (Å²) in [5.41, 5.74) is -1.34. The van der Waals surface area contributed by atoms with E-state index in [9.17, 15) is 23.1 Å². The van der Waals surface area contributed by atoms with Gasteiger partial charge in [-0.25, -0.2) is 0 Å². The first-order valence-corrected chi connectivity index (χ1v) is 9.46. The Balaban J connectivity index is 1.69. The lowest BCUT2D eigenvalue weighted by molar-refractivity contribution is -0.137. The number of halogens is 3. The number of rotatable bonds is 2. The first kappa shape index (κ1) is 19.7. The van der Waals surface area contributed by atoms with E-state index >= 15 is 0 Å². The zero-order valence-electron chi connectivity index (χ0n) is 16.1. The molecule has 2 atom stereocenters. The van der Waals surface area contributed by atoms with Crippen LogP contribution in [0.4, 0.5) is 19.0 Å². The quantitative estimate of drug-likeness (QED) is 0.819. The lowest BCUT2D eigenvalue weighted by atomic mass is 9.92. The van der Waals surface area contributed by atoms with Crippen LogP contribution in [-0.4, -0.2) is 57.5 Å². The largest absolute Gasteiger partial charge is 0.507 e. The Morgan fingerprint density at radius 1 is 1.14 bits per heavy atom. The van der Waals surface area contributed by atoms with Crippen LogP contribution in [0.2, 0.25) is 0 Å². The van der Waals surface area contributed by atoms with Crippen LogP contribution in [0.3, 0.4) is 0 Å². The lowest BCUT2D eigenvalue weighted by Gasteiger charge is -2.36. The van der Waals surface area contributed by atoms with Gasteiger partial charge >= 0.3 is 6.18 Å². The van der Waals surface area contributed by atoms with Gasteiger partial charge in [-0.05, 0) is 50.6 Å². The van der Waals surface area contributed by atoms with Gasteiger partial charge in [0, 0.05) is 26.2 Å². The summed E-state index contributed by atoms with van der Waals surface area (Å²) in [5, 5.41) is 18.3. The number of likely N-dealkylation sites (N-methyl/N-ethyl adjacent to an activating group) is 1. The number of aromatic nitrogens is 3. The number of anilines is 1. The van der Waals surface area contributed by atoms with E-state index in [1.807, 2.05) is 11.9 Å². The van der Waals surface area contributed by atoms with Gasteiger partial charge in [0.1, 0.15) is 5.75 Å². The molecule has 2 aliphatic rings. The minimum Gasteiger partial charge on any atom is -0.507 e. The van der Waals surface area contributed by atoms with Crippen molar-refractivity contribution >= 4 is 5.82 Å². The van der Waals surface area contributed by atoms with Crippen LogP contribution in [0.25, 0.3) is 11.4 Å². The number of fused-ring (bicyclic) bond motifs is 1. The summed E-state index contributed by atoms with van der Waals surface area (Å²) in [6.45, 7) is 2.60. The fourth-order valence-corrected chi connectivity index (χ4v) is 4.32. The Morgan fingerprint density at radius 3 is 2.55 bits per heavy atom. The van der Waals surface area contributed by atoms with Crippen LogP contribution in [0.1, 0.15) is 18.4 Å². The molecule has 0 unspecified atom stereocenters. The van der Waals surface area contributed by atoms with Crippen molar-refractivity contribution in [2.24, 2.45) is 13.0 Å². The van der Waals surface area contributed by atoms with E-state index in [1.54, 1.807) is 0 Å². The van der Waals surface area contributed by atoms with Crippen LogP contribution in [0.5, 0.6) is 5.75 Å². The van der Waals surface area contributed by atoms with Gasteiger partial charge in [0.05, 0.1) is 11.1 Å². The molecule has 2 fully saturated rings. The minimum atomic E-state index is -4.57. The van der Waals surface area contributed by atoms with Crippen LogP contribution in [0.15, 0.2) is 23.0 Å². The zero-order valence-corrected chi connectivity index (χ0v) is 16.1. The Kier molecular flexibility index (Phi) is 4.76. The molecule has 7 nitrogen and oxygen atoms in total. The second-order valence-corrected chi connectivity index (χ2v) is 7.80. The van der Waals surface area contributed by atoms with Crippen LogP contribution in [-0.2, 0) is 13.2 Å². The molecular weight excluding hydrogens is 387 g/mol. The number of alkyl halides is 3. The highest BCUT2D eigenvalue weighted by Crippen LogP contribution is 2.36. The molecule has 0 spiro atoms. The molecule has 29 heavy (non-hydrogen) atoms. The van der Waals surface area contributed by atoms with Crippen LogP contribution in [0, 0.1) is 5.92 Å². The summed E-state index contributed by atoms with van der Waals surface area (Å²) >= 11 is 0. The van der Waals surface area contributed by atoms with Crippen LogP contribution >= 0.6 is 0 Å². The number of nitrogens with zero attached hydrogens (tertiary/aromatic N) is 5. The van der Waals surface area contributed by atoms with Crippen molar-refractivity contribution in [3.05, 3.63) is 34.1 Å². The molecule has 0 bridgehead atoms. The maximum atomic E-state index is 13.0. The van der Waals surface area contributed by atoms with Gasteiger partial charge in [-0.2, -0.15) is 13.2 Å². The van der Waals surface area contributed by atoms with Crippen molar-refractivity contribution in [3.63, 3.8) is 0 Å². The standard InChI is InChI=1S/C19H22F3N5O2/c1-25-7-5-11-6-8-27(14(11)10-25)17-18(29)26(2)16(23-24-17)13-4-3-12(9-15(13)28)19(20,21)22/h3-4,9,11,14,28H,5-8,10H2,1-2H3/t11-,14-/m1/s1. The lowest BCUT2D eigenvalue weighted by Crippen LogP contribution is -2.48. The summed E-state index contributed by atoms with van der Waals surface area (Å²) in [6, 6.07) is 2.76. The number of hydrogen-bond acceptors (Lipinski definition) is 6. The molecule has 3 heterocycles. The SMILES string of the molecule is CN1CC[C@@H]2CCN(c3nnc(-c4ccc(C(F)(F)F)cc4O)n(C)c3=O)[C@@H]2C1. The number of phenols is 1. The number of piperidine rings is 1. The topological polar surface area (TPSA) is 74.5 Å². The number of hydrogen-bond donors (Lipinski definition) is 1. The van der Waals surface area contributed by atoms with Crippen molar-refractivity contribution in [3.8, 4) is 17.1 Å². The smallest absolute Gasteiger partial charge is 0.416 e. The molecule has 0 saturated carbocycles. The van der Waals surface area contributed by atoms with Gasteiger partial charge < -0.3 is 14.9 Å². The van der Waals surface area contributed by atoms with Gasteiger partial charge in [-0.15, -0.1) is 10.2 Å². The fraction of sp³-hybridized carbons (Fsp3) is 0.526. The third-order valence-corrected chi connectivity index (χ3v) is 5.96. The molecule has 2 aromatic rings.